The fourth-order valence-corrected chi connectivity index (χ4v) is 2.34. The minimum absolute atomic E-state index is 0.108. The predicted molar refractivity (Wildman–Crippen MR) is 90.2 cm³/mol. The monoisotopic (exact) mass is 319 g/mol. The lowest BCUT2D eigenvalue weighted by molar-refractivity contribution is 0.237. The minimum atomic E-state index is 0.108. The molecule has 1 atom stereocenters. The van der Waals surface area contributed by atoms with Gasteiger partial charge in [0.05, 0.1) is 6.61 Å². The van der Waals surface area contributed by atoms with Crippen LogP contribution in [0, 0.1) is 0 Å². The number of hydrogen-bond acceptors (Lipinski definition) is 3. The topological polar surface area (TPSA) is 41.5 Å². The second kappa shape index (κ2) is 8.79. The van der Waals surface area contributed by atoms with E-state index in [2.05, 4.69) is 5.32 Å². The Hall–Kier alpha value is -1.55. The van der Waals surface area contributed by atoms with Gasteiger partial charge in [0.15, 0.2) is 0 Å². The molecule has 0 amide bonds. The maximum Gasteiger partial charge on any atom is 0.124 e. The Morgan fingerprint density at radius 3 is 2.45 bits per heavy atom. The van der Waals surface area contributed by atoms with Crippen LogP contribution in [0.4, 0.5) is 0 Å². The number of ether oxygens (including phenoxy) is 1. The van der Waals surface area contributed by atoms with Gasteiger partial charge in [-0.2, -0.15) is 0 Å². The predicted octanol–water partition coefficient (Wildman–Crippen LogP) is 3.78. The van der Waals surface area contributed by atoms with Crippen molar-refractivity contribution in [1.82, 2.24) is 5.32 Å². The summed E-state index contributed by atoms with van der Waals surface area (Å²) < 4.78 is 5.92. The molecule has 2 aromatic rings. The van der Waals surface area contributed by atoms with E-state index in [1.165, 1.54) is 0 Å². The quantitative estimate of drug-likeness (QED) is 0.778. The molecule has 4 heteroatoms. The third-order valence-corrected chi connectivity index (χ3v) is 3.98. The van der Waals surface area contributed by atoms with Crippen LogP contribution in [-0.4, -0.2) is 17.8 Å². The van der Waals surface area contributed by atoms with Gasteiger partial charge in [0.2, 0.25) is 0 Å². The highest BCUT2D eigenvalue weighted by Crippen LogP contribution is 2.22. The number of halogens is 1. The molecule has 0 bridgehead atoms. The molecule has 2 rings (SSSR count). The zero-order valence-electron chi connectivity index (χ0n) is 12.8. The number of rotatable bonds is 8. The Balaban J connectivity index is 2.00. The standard InChI is InChI=1S/C18H22ClNO2/c1-2-16(12-21)20-11-14-7-4-6-10-18(14)22-13-15-8-3-5-9-17(15)19/h3-10,16,20-21H,2,11-13H2,1H3. The van der Waals surface area contributed by atoms with Crippen molar-refractivity contribution in [2.24, 2.45) is 0 Å². The highest BCUT2D eigenvalue weighted by molar-refractivity contribution is 6.31. The molecule has 22 heavy (non-hydrogen) atoms. The molecule has 0 radical (unpaired) electrons. The molecule has 0 heterocycles. The third-order valence-electron chi connectivity index (χ3n) is 3.61. The minimum Gasteiger partial charge on any atom is -0.489 e. The van der Waals surface area contributed by atoms with E-state index in [1.807, 2.05) is 55.5 Å². The van der Waals surface area contributed by atoms with E-state index in [-0.39, 0.29) is 12.6 Å². The zero-order valence-corrected chi connectivity index (χ0v) is 13.5. The van der Waals surface area contributed by atoms with Crippen LogP contribution >= 0.6 is 11.6 Å². The van der Waals surface area contributed by atoms with E-state index in [0.29, 0.717) is 18.2 Å². The summed E-state index contributed by atoms with van der Waals surface area (Å²) in [6, 6.07) is 15.7. The van der Waals surface area contributed by atoms with Gasteiger partial charge in [-0.1, -0.05) is 54.9 Å². The summed E-state index contributed by atoms with van der Waals surface area (Å²) in [6.45, 7) is 3.29. The van der Waals surface area contributed by atoms with Gasteiger partial charge in [0.25, 0.3) is 0 Å². The first-order chi connectivity index (χ1) is 10.7. The number of nitrogens with one attached hydrogen (secondary N) is 1. The molecule has 1 unspecified atom stereocenters. The first kappa shape index (κ1) is 16.8. The molecular formula is C18H22ClNO2. The van der Waals surface area contributed by atoms with Gasteiger partial charge in [0, 0.05) is 28.7 Å². The van der Waals surface area contributed by atoms with Crippen molar-refractivity contribution in [3.05, 3.63) is 64.7 Å². The lowest BCUT2D eigenvalue weighted by atomic mass is 10.1. The molecule has 0 aliphatic rings. The number of hydrogen-bond donors (Lipinski definition) is 2. The Morgan fingerprint density at radius 2 is 1.77 bits per heavy atom. The zero-order chi connectivity index (χ0) is 15.8. The van der Waals surface area contributed by atoms with E-state index >= 15 is 0 Å². The maximum absolute atomic E-state index is 9.25. The van der Waals surface area contributed by atoms with E-state index in [0.717, 1.165) is 23.3 Å². The highest BCUT2D eigenvalue weighted by atomic mass is 35.5. The van der Waals surface area contributed by atoms with Crippen LogP contribution in [0.15, 0.2) is 48.5 Å². The summed E-state index contributed by atoms with van der Waals surface area (Å²) in [5.74, 6) is 0.836. The molecule has 0 saturated carbocycles. The lowest BCUT2D eigenvalue weighted by Crippen LogP contribution is -2.31. The maximum atomic E-state index is 9.25. The van der Waals surface area contributed by atoms with E-state index in [4.69, 9.17) is 16.3 Å². The molecule has 0 saturated heterocycles. The van der Waals surface area contributed by atoms with Crippen LogP contribution in [0.2, 0.25) is 5.02 Å². The second-order valence-corrected chi connectivity index (χ2v) is 5.56. The summed E-state index contributed by atoms with van der Waals surface area (Å²) >= 11 is 6.15. The van der Waals surface area contributed by atoms with Crippen molar-refractivity contribution in [2.45, 2.75) is 32.5 Å². The summed E-state index contributed by atoms with van der Waals surface area (Å²) in [4.78, 5) is 0. The summed E-state index contributed by atoms with van der Waals surface area (Å²) in [5, 5.41) is 13.3. The molecule has 118 valence electrons. The fraction of sp³-hybridized carbons (Fsp3) is 0.333. The molecule has 0 aliphatic heterocycles. The van der Waals surface area contributed by atoms with Gasteiger partial charge in [-0.15, -0.1) is 0 Å². The fourth-order valence-electron chi connectivity index (χ4n) is 2.15. The molecule has 0 spiro atoms. The molecule has 3 nitrogen and oxygen atoms in total. The lowest BCUT2D eigenvalue weighted by Gasteiger charge is -2.16. The largest absolute Gasteiger partial charge is 0.489 e. The Morgan fingerprint density at radius 1 is 1.09 bits per heavy atom. The number of benzene rings is 2. The van der Waals surface area contributed by atoms with Crippen molar-refractivity contribution < 1.29 is 9.84 Å². The molecule has 0 aromatic heterocycles. The first-order valence-corrected chi connectivity index (χ1v) is 7.90. The van der Waals surface area contributed by atoms with Gasteiger partial charge in [-0.05, 0) is 18.6 Å². The van der Waals surface area contributed by atoms with Gasteiger partial charge in [-0.25, -0.2) is 0 Å². The third kappa shape index (κ3) is 4.73. The average molecular weight is 320 g/mol. The van der Waals surface area contributed by atoms with Crippen LogP contribution < -0.4 is 10.1 Å². The Labute approximate surface area is 136 Å². The Bertz CT molecular complexity index is 585. The van der Waals surface area contributed by atoms with Crippen LogP contribution in [0.5, 0.6) is 5.75 Å². The van der Waals surface area contributed by atoms with Crippen molar-refractivity contribution in [2.75, 3.05) is 6.61 Å². The molecule has 0 fully saturated rings. The summed E-state index contributed by atoms with van der Waals surface area (Å²) in [7, 11) is 0. The van der Waals surface area contributed by atoms with Crippen LogP contribution in [0.3, 0.4) is 0 Å². The Kier molecular flexibility index (Phi) is 6.72. The molecule has 2 aromatic carbocycles. The number of aliphatic hydroxyl groups is 1. The first-order valence-electron chi connectivity index (χ1n) is 7.53. The summed E-state index contributed by atoms with van der Waals surface area (Å²) in [6.07, 6.45) is 0.888. The highest BCUT2D eigenvalue weighted by Gasteiger charge is 2.08. The van der Waals surface area contributed by atoms with Gasteiger partial charge >= 0.3 is 0 Å². The second-order valence-electron chi connectivity index (χ2n) is 5.16. The van der Waals surface area contributed by atoms with Crippen molar-refractivity contribution >= 4 is 11.6 Å². The van der Waals surface area contributed by atoms with Crippen LogP contribution in [0.25, 0.3) is 0 Å². The van der Waals surface area contributed by atoms with Crippen molar-refractivity contribution in [1.29, 1.82) is 0 Å². The SMILES string of the molecule is CCC(CO)NCc1ccccc1OCc1ccccc1Cl. The normalized spacial score (nSPS) is 12.1. The van der Waals surface area contributed by atoms with Crippen molar-refractivity contribution in [3.63, 3.8) is 0 Å². The van der Waals surface area contributed by atoms with Gasteiger partial charge in [-0.3, -0.25) is 0 Å². The number of aliphatic hydroxyl groups excluding tert-OH is 1. The molecule has 0 aliphatic carbocycles. The van der Waals surface area contributed by atoms with Crippen LogP contribution in [-0.2, 0) is 13.2 Å². The van der Waals surface area contributed by atoms with E-state index < -0.39 is 0 Å². The van der Waals surface area contributed by atoms with E-state index in [9.17, 15) is 5.11 Å². The van der Waals surface area contributed by atoms with E-state index in [1.54, 1.807) is 0 Å². The van der Waals surface area contributed by atoms with Gasteiger partial charge < -0.3 is 15.2 Å². The molecule has 2 N–H and O–H groups in total. The van der Waals surface area contributed by atoms with Crippen LogP contribution in [0.1, 0.15) is 24.5 Å². The average Bonchev–Trinajstić information content (AvgIpc) is 2.56. The van der Waals surface area contributed by atoms with Gasteiger partial charge in [0.1, 0.15) is 12.4 Å². The number of para-hydroxylation sites is 1. The molecular weight excluding hydrogens is 298 g/mol. The smallest absolute Gasteiger partial charge is 0.124 e. The summed E-state index contributed by atoms with van der Waals surface area (Å²) in [5.41, 5.74) is 2.04. The van der Waals surface area contributed by atoms with Crippen molar-refractivity contribution in [3.8, 4) is 5.75 Å².